The third-order valence-corrected chi connectivity index (χ3v) is 5.02. The Morgan fingerprint density at radius 3 is 2.19 bits per heavy atom. The van der Waals surface area contributed by atoms with Gasteiger partial charge >= 0.3 is 0 Å². The van der Waals surface area contributed by atoms with E-state index in [-0.39, 0.29) is 0 Å². The maximum Gasteiger partial charge on any atom is 0.0246 e. The molecule has 2 saturated carbocycles. The Hall–Kier alpha value is -0.0800. The Morgan fingerprint density at radius 1 is 1.12 bits per heavy atom. The molecule has 0 amide bonds. The highest BCUT2D eigenvalue weighted by atomic mass is 15.2. The molecule has 94 valence electrons. The monoisotopic (exact) mass is 224 g/mol. The van der Waals surface area contributed by atoms with E-state index in [9.17, 15) is 0 Å². The van der Waals surface area contributed by atoms with Gasteiger partial charge < -0.3 is 5.73 Å². The van der Waals surface area contributed by atoms with Crippen LogP contribution in [0.15, 0.2) is 0 Å². The van der Waals surface area contributed by atoms with Crippen LogP contribution in [0.1, 0.15) is 51.9 Å². The molecule has 16 heavy (non-hydrogen) atoms. The molecule has 1 atom stereocenters. The van der Waals surface area contributed by atoms with Gasteiger partial charge in [-0.2, -0.15) is 0 Å². The van der Waals surface area contributed by atoms with E-state index in [0.29, 0.717) is 6.04 Å². The topological polar surface area (TPSA) is 29.3 Å². The summed E-state index contributed by atoms with van der Waals surface area (Å²) in [6, 6.07) is 1.47. The van der Waals surface area contributed by atoms with Crippen molar-refractivity contribution < 1.29 is 0 Å². The van der Waals surface area contributed by atoms with Gasteiger partial charge in [0.25, 0.3) is 0 Å². The zero-order valence-electron chi connectivity index (χ0n) is 11.0. The first kappa shape index (κ1) is 12.4. The first-order valence-corrected chi connectivity index (χ1v) is 7.14. The van der Waals surface area contributed by atoms with Gasteiger partial charge in [-0.1, -0.05) is 13.3 Å². The standard InChI is InChI=1S/C14H28N2/c1-11-6-8-13(9-7-11)16(2)14(10-15)12-4-3-5-12/h11-14H,3-10,15H2,1-2H3. The predicted octanol–water partition coefficient (Wildman–Crippen LogP) is 2.62. The average molecular weight is 224 g/mol. The van der Waals surface area contributed by atoms with Crippen molar-refractivity contribution in [2.45, 2.75) is 64.0 Å². The highest BCUT2D eigenvalue weighted by Crippen LogP contribution is 2.34. The minimum Gasteiger partial charge on any atom is -0.329 e. The zero-order chi connectivity index (χ0) is 11.5. The van der Waals surface area contributed by atoms with Gasteiger partial charge in [-0.25, -0.2) is 0 Å². The number of likely N-dealkylation sites (N-methyl/N-ethyl adjacent to an activating group) is 1. The molecule has 2 rings (SSSR count). The van der Waals surface area contributed by atoms with Gasteiger partial charge in [-0.3, -0.25) is 4.90 Å². The average Bonchev–Trinajstić information content (AvgIpc) is 2.23. The third-order valence-electron chi connectivity index (χ3n) is 5.02. The maximum atomic E-state index is 5.98. The number of nitrogens with two attached hydrogens (primary N) is 1. The molecule has 0 bridgehead atoms. The van der Waals surface area contributed by atoms with Crippen LogP contribution in [0.4, 0.5) is 0 Å². The molecule has 0 heterocycles. The summed E-state index contributed by atoms with van der Waals surface area (Å²) in [5, 5.41) is 0. The van der Waals surface area contributed by atoms with Crippen LogP contribution in [0.2, 0.25) is 0 Å². The lowest BCUT2D eigenvalue weighted by atomic mass is 9.77. The third kappa shape index (κ3) is 2.60. The molecule has 0 radical (unpaired) electrons. The van der Waals surface area contributed by atoms with Crippen molar-refractivity contribution in [2.24, 2.45) is 17.6 Å². The van der Waals surface area contributed by atoms with Crippen molar-refractivity contribution in [2.75, 3.05) is 13.6 Å². The molecule has 2 nitrogen and oxygen atoms in total. The molecular weight excluding hydrogens is 196 g/mol. The van der Waals surface area contributed by atoms with Crippen LogP contribution in [-0.2, 0) is 0 Å². The Kier molecular flexibility index (Phi) is 4.26. The molecule has 1 unspecified atom stereocenters. The van der Waals surface area contributed by atoms with Crippen LogP contribution in [0, 0.1) is 11.8 Å². The first-order chi connectivity index (χ1) is 7.72. The van der Waals surface area contributed by atoms with E-state index in [2.05, 4.69) is 18.9 Å². The van der Waals surface area contributed by atoms with Crippen LogP contribution >= 0.6 is 0 Å². The number of nitrogens with zero attached hydrogens (tertiary/aromatic N) is 1. The quantitative estimate of drug-likeness (QED) is 0.795. The Balaban J connectivity index is 1.86. The van der Waals surface area contributed by atoms with Crippen LogP contribution in [-0.4, -0.2) is 30.6 Å². The Bertz CT molecular complexity index is 205. The molecule has 2 fully saturated rings. The van der Waals surface area contributed by atoms with Crippen molar-refractivity contribution in [3.05, 3.63) is 0 Å². The molecule has 2 N–H and O–H groups in total. The Morgan fingerprint density at radius 2 is 1.75 bits per heavy atom. The summed E-state index contributed by atoms with van der Waals surface area (Å²) in [4.78, 5) is 2.62. The zero-order valence-corrected chi connectivity index (χ0v) is 11.0. The predicted molar refractivity (Wildman–Crippen MR) is 69.4 cm³/mol. The van der Waals surface area contributed by atoms with E-state index in [1.807, 2.05) is 0 Å². The fourth-order valence-corrected chi connectivity index (χ4v) is 3.44. The summed E-state index contributed by atoms with van der Waals surface area (Å²) >= 11 is 0. The second-order valence-corrected chi connectivity index (χ2v) is 6.07. The van der Waals surface area contributed by atoms with Gasteiger partial charge in [0.05, 0.1) is 0 Å². The molecule has 2 aliphatic carbocycles. The van der Waals surface area contributed by atoms with Gasteiger partial charge in [0.15, 0.2) is 0 Å². The maximum absolute atomic E-state index is 5.98. The number of hydrogen-bond donors (Lipinski definition) is 1. The van der Waals surface area contributed by atoms with Gasteiger partial charge in [-0.15, -0.1) is 0 Å². The summed E-state index contributed by atoms with van der Waals surface area (Å²) in [6.07, 6.45) is 9.86. The molecule has 2 heteroatoms. The van der Waals surface area contributed by atoms with Gasteiger partial charge in [0, 0.05) is 18.6 Å². The summed E-state index contributed by atoms with van der Waals surface area (Å²) in [7, 11) is 2.32. The fourth-order valence-electron chi connectivity index (χ4n) is 3.44. The molecule has 0 aromatic heterocycles. The summed E-state index contributed by atoms with van der Waals surface area (Å²) in [6.45, 7) is 3.25. The van der Waals surface area contributed by atoms with E-state index in [1.165, 1.54) is 44.9 Å². The highest BCUT2D eigenvalue weighted by molar-refractivity contribution is 4.88. The van der Waals surface area contributed by atoms with Crippen LogP contribution < -0.4 is 5.73 Å². The van der Waals surface area contributed by atoms with Crippen LogP contribution in [0.3, 0.4) is 0 Å². The van der Waals surface area contributed by atoms with Crippen molar-refractivity contribution in [1.82, 2.24) is 4.90 Å². The summed E-state index contributed by atoms with van der Waals surface area (Å²) in [5.41, 5.74) is 5.98. The highest BCUT2D eigenvalue weighted by Gasteiger charge is 2.33. The van der Waals surface area contributed by atoms with Crippen molar-refractivity contribution in [3.63, 3.8) is 0 Å². The van der Waals surface area contributed by atoms with Crippen molar-refractivity contribution >= 4 is 0 Å². The molecule has 0 saturated heterocycles. The lowest BCUT2D eigenvalue weighted by Crippen LogP contribution is -2.50. The van der Waals surface area contributed by atoms with Gasteiger partial charge in [-0.05, 0) is 57.4 Å². The molecule has 0 aromatic carbocycles. The van der Waals surface area contributed by atoms with Gasteiger partial charge in [0.2, 0.25) is 0 Å². The summed E-state index contributed by atoms with van der Waals surface area (Å²) in [5.74, 6) is 1.85. The number of rotatable bonds is 4. The molecule has 2 aliphatic rings. The van der Waals surface area contributed by atoms with E-state index in [0.717, 1.165) is 24.4 Å². The van der Waals surface area contributed by atoms with Gasteiger partial charge in [0.1, 0.15) is 0 Å². The Labute approximate surface area is 101 Å². The normalized spacial score (nSPS) is 33.8. The lowest BCUT2D eigenvalue weighted by molar-refractivity contribution is 0.0639. The van der Waals surface area contributed by atoms with E-state index >= 15 is 0 Å². The largest absolute Gasteiger partial charge is 0.329 e. The van der Waals surface area contributed by atoms with Crippen molar-refractivity contribution in [3.8, 4) is 0 Å². The van der Waals surface area contributed by atoms with Crippen LogP contribution in [0.5, 0.6) is 0 Å². The molecule has 0 aliphatic heterocycles. The van der Waals surface area contributed by atoms with Crippen molar-refractivity contribution in [1.29, 1.82) is 0 Å². The first-order valence-electron chi connectivity index (χ1n) is 7.14. The second kappa shape index (κ2) is 5.50. The second-order valence-electron chi connectivity index (χ2n) is 6.07. The van der Waals surface area contributed by atoms with Crippen LogP contribution in [0.25, 0.3) is 0 Å². The lowest BCUT2D eigenvalue weighted by Gasteiger charge is -2.44. The minimum absolute atomic E-state index is 0.659. The van der Waals surface area contributed by atoms with E-state index < -0.39 is 0 Å². The molecule has 0 aromatic rings. The minimum atomic E-state index is 0.659. The smallest absolute Gasteiger partial charge is 0.0246 e. The molecular formula is C14H28N2. The van der Waals surface area contributed by atoms with E-state index in [1.54, 1.807) is 0 Å². The summed E-state index contributed by atoms with van der Waals surface area (Å²) < 4.78 is 0. The SMILES string of the molecule is CC1CCC(N(C)C(CN)C2CCC2)CC1. The fraction of sp³-hybridized carbons (Fsp3) is 1.00. The molecule has 0 spiro atoms. The van der Waals surface area contributed by atoms with E-state index in [4.69, 9.17) is 5.73 Å². The number of hydrogen-bond acceptors (Lipinski definition) is 2.